The predicted octanol–water partition coefficient (Wildman–Crippen LogP) is 2.99. The largest absolute Gasteiger partial charge is 0.496 e. The molecule has 0 aliphatic heterocycles. The van der Waals surface area contributed by atoms with E-state index in [0.29, 0.717) is 39.6 Å². The van der Waals surface area contributed by atoms with Crippen LogP contribution in [0.25, 0.3) is 21.9 Å². The second-order valence-electron chi connectivity index (χ2n) is 5.15. The van der Waals surface area contributed by atoms with Gasteiger partial charge in [0.2, 0.25) is 11.2 Å². The van der Waals surface area contributed by atoms with Crippen LogP contribution in [0.5, 0.6) is 28.7 Å². The van der Waals surface area contributed by atoms with E-state index < -0.39 is 0 Å². The molecule has 2 aromatic carbocycles. The van der Waals surface area contributed by atoms with Crippen molar-refractivity contribution in [2.24, 2.45) is 0 Å². The molecule has 0 N–H and O–H groups in total. The Balaban J connectivity index is 2.56. The maximum Gasteiger partial charge on any atom is 0.208 e. The van der Waals surface area contributed by atoms with Gasteiger partial charge in [-0.05, 0) is 0 Å². The first-order valence-corrected chi connectivity index (χ1v) is 7.41. The van der Waals surface area contributed by atoms with Crippen LogP contribution in [0, 0.1) is 0 Å². The molecule has 0 aliphatic rings. The number of methoxy groups -OCH3 is 5. The van der Waals surface area contributed by atoms with Crippen molar-refractivity contribution in [2.45, 2.75) is 0 Å². The smallest absolute Gasteiger partial charge is 0.208 e. The van der Waals surface area contributed by atoms with Gasteiger partial charge in [0.1, 0.15) is 33.4 Å². The van der Waals surface area contributed by atoms with E-state index in [9.17, 15) is 4.79 Å². The Morgan fingerprint density at radius 3 is 1.88 bits per heavy atom. The van der Waals surface area contributed by atoms with Crippen LogP contribution in [0.2, 0.25) is 0 Å². The first kappa shape index (κ1) is 16.8. The molecule has 0 atom stereocenters. The third-order valence-electron chi connectivity index (χ3n) is 3.96. The first-order valence-electron chi connectivity index (χ1n) is 7.41. The SMILES string of the molecule is COc1cc(OC)c2c(=O)c3c(OC)c(OC)c(OC)cc3oc2c1. The van der Waals surface area contributed by atoms with Crippen LogP contribution in [0.1, 0.15) is 0 Å². The summed E-state index contributed by atoms with van der Waals surface area (Å²) in [6.07, 6.45) is 0. The normalized spacial score (nSPS) is 10.8. The molecule has 0 saturated heterocycles. The molecular formula is C18H18O7. The molecule has 132 valence electrons. The summed E-state index contributed by atoms with van der Waals surface area (Å²) in [5.74, 6) is 1.81. The fourth-order valence-electron chi connectivity index (χ4n) is 2.82. The molecule has 25 heavy (non-hydrogen) atoms. The van der Waals surface area contributed by atoms with Gasteiger partial charge in [0.25, 0.3) is 0 Å². The minimum absolute atomic E-state index is 0.241. The summed E-state index contributed by atoms with van der Waals surface area (Å²) in [6, 6.07) is 4.84. The van der Waals surface area contributed by atoms with Crippen LogP contribution in [0.4, 0.5) is 0 Å². The Kier molecular flexibility index (Phi) is 4.31. The van der Waals surface area contributed by atoms with E-state index in [1.165, 1.54) is 35.5 Å². The Hall–Kier alpha value is -3.09. The number of hydrogen-bond acceptors (Lipinski definition) is 7. The maximum absolute atomic E-state index is 13.2. The molecule has 7 nitrogen and oxygen atoms in total. The third kappa shape index (κ3) is 2.48. The summed E-state index contributed by atoms with van der Waals surface area (Å²) in [6.45, 7) is 0. The Bertz CT molecular complexity index is 1000. The average Bonchev–Trinajstić information content (AvgIpc) is 2.65. The summed E-state index contributed by atoms with van der Waals surface area (Å²) in [4.78, 5) is 13.2. The molecular weight excluding hydrogens is 328 g/mol. The molecule has 0 bridgehead atoms. The first-order chi connectivity index (χ1) is 12.1. The number of benzene rings is 2. The number of fused-ring (bicyclic) bond motifs is 2. The fourth-order valence-corrected chi connectivity index (χ4v) is 2.82. The van der Waals surface area contributed by atoms with Gasteiger partial charge in [-0.1, -0.05) is 0 Å². The highest BCUT2D eigenvalue weighted by Gasteiger charge is 2.23. The van der Waals surface area contributed by atoms with Crippen LogP contribution in [0.15, 0.2) is 27.4 Å². The van der Waals surface area contributed by atoms with E-state index in [4.69, 9.17) is 28.1 Å². The van der Waals surface area contributed by atoms with Crippen LogP contribution >= 0.6 is 0 Å². The Morgan fingerprint density at radius 1 is 0.680 bits per heavy atom. The van der Waals surface area contributed by atoms with Crippen LogP contribution < -0.4 is 29.1 Å². The topological polar surface area (TPSA) is 76.4 Å². The standard InChI is InChI=1S/C18H18O7/c1-20-9-6-10(21-2)14-11(7-9)25-12-8-13(22-3)17(23-4)18(24-5)15(12)16(14)19/h6-8H,1-5H3. The number of rotatable bonds is 5. The highest BCUT2D eigenvalue weighted by molar-refractivity contribution is 5.98. The molecule has 0 fully saturated rings. The van der Waals surface area contributed by atoms with Gasteiger partial charge in [0.05, 0.1) is 35.5 Å². The van der Waals surface area contributed by atoms with Gasteiger partial charge in [-0.25, -0.2) is 0 Å². The van der Waals surface area contributed by atoms with Crippen molar-refractivity contribution in [3.63, 3.8) is 0 Å². The zero-order valence-electron chi connectivity index (χ0n) is 14.6. The zero-order valence-corrected chi connectivity index (χ0v) is 14.6. The van der Waals surface area contributed by atoms with E-state index >= 15 is 0 Å². The molecule has 7 heteroatoms. The van der Waals surface area contributed by atoms with Gasteiger partial charge in [0.15, 0.2) is 11.5 Å². The lowest BCUT2D eigenvalue weighted by molar-refractivity contribution is 0.326. The summed E-state index contributed by atoms with van der Waals surface area (Å²) in [7, 11) is 7.42. The highest BCUT2D eigenvalue weighted by atomic mass is 16.5. The van der Waals surface area contributed by atoms with Crippen molar-refractivity contribution in [3.8, 4) is 28.7 Å². The summed E-state index contributed by atoms with van der Waals surface area (Å²) < 4.78 is 32.6. The molecule has 1 heterocycles. The van der Waals surface area contributed by atoms with Crippen LogP contribution in [-0.2, 0) is 0 Å². The van der Waals surface area contributed by atoms with Crippen molar-refractivity contribution in [1.82, 2.24) is 0 Å². The quantitative estimate of drug-likeness (QED) is 0.657. The summed E-state index contributed by atoms with van der Waals surface area (Å²) in [5.41, 5.74) is 0.346. The van der Waals surface area contributed by atoms with Crippen molar-refractivity contribution in [1.29, 1.82) is 0 Å². The van der Waals surface area contributed by atoms with Gasteiger partial charge in [-0.2, -0.15) is 0 Å². The van der Waals surface area contributed by atoms with E-state index in [0.717, 1.165) is 0 Å². The lowest BCUT2D eigenvalue weighted by Gasteiger charge is -2.15. The molecule has 3 rings (SSSR count). The fraction of sp³-hybridized carbons (Fsp3) is 0.278. The number of ether oxygens (including phenoxy) is 5. The molecule has 0 saturated carbocycles. The maximum atomic E-state index is 13.2. The summed E-state index contributed by atoms with van der Waals surface area (Å²) >= 11 is 0. The monoisotopic (exact) mass is 346 g/mol. The second kappa shape index (κ2) is 6.43. The molecule has 0 unspecified atom stereocenters. The van der Waals surface area contributed by atoms with Crippen LogP contribution in [-0.4, -0.2) is 35.5 Å². The van der Waals surface area contributed by atoms with Gasteiger partial charge < -0.3 is 28.1 Å². The molecule has 0 spiro atoms. The van der Waals surface area contributed by atoms with Gasteiger partial charge in [-0.15, -0.1) is 0 Å². The predicted molar refractivity (Wildman–Crippen MR) is 92.8 cm³/mol. The Morgan fingerprint density at radius 2 is 1.32 bits per heavy atom. The molecule has 3 aromatic rings. The molecule has 1 aromatic heterocycles. The summed E-state index contributed by atoms with van der Waals surface area (Å²) in [5, 5.41) is 0.539. The zero-order chi connectivity index (χ0) is 18.1. The van der Waals surface area contributed by atoms with E-state index in [1.807, 2.05) is 0 Å². The average molecular weight is 346 g/mol. The van der Waals surface area contributed by atoms with E-state index in [2.05, 4.69) is 0 Å². The number of hydrogen-bond donors (Lipinski definition) is 0. The van der Waals surface area contributed by atoms with Crippen molar-refractivity contribution < 1.29 is 28.1 Å². The van der Waals surface area contributed by atoms with E-state index in [1.54, 1.807) is 18.2 Å². The van der Waals surface area contributed by atoms with Gasteiger partial charge >= 0.3 is 0 Å². The molecule has 0 amide bonds. The van der Waals surface area contributed by atoms with Crippen LogP contribution in [0.3, 0.4) is 0 Å². The van der Waals surface area contributed by atoms with Gasteiger partial charge in [0, 0.05) is 18.2 Å². The second-order valence-corrected chi connectivity index (χ2v) is 5.15. The Labute approximate surface area is 143 Å². The van der Waals surface area contributed by atoms with Crippen molar-refractivity contribution >= 4 is 21.9 Å². The highest BCUT2D eigenvalue weighted by Crippen LogP contribution is 2.43. The van der Waals surface area contributed by atoms with Crippen molar-refractivity contribution in [2.75, 3.05) is 35.5 Å². The lowest BCUT2D eigenvalue weighted by Crippen LogP contribution is -2.07. The van der Waals surface area contributed by atoms with Gasteiger partial charge in [-0.3, -0.25) is 4.79 Å². The minimum atomic E-state index is -0.298. The third-order valence-corrected chi connectivity index (χ3v) is 3.96. The molecule has 0 aliphatic carbocycles. The van der Waals surface area contributed by atoms with Crippen molar-refractivity contribution in [3.05, 3.63) is 28.4 Å². The minimum Gasteiger partial charge on any atom is -0.496 e. The van der Waals surface area contributed by atoms with E-state index in [-0.39, 0.29) is 16.6 Å². The lowest BCUT2D eigenvalue weighted by atomic mass is 10.1. The molecule has 0 radical (unpaired) electrons.